The van der Waals surface area contributed by atoms with Crippen LogP contribution < -0.4 is 0 Å². The van der Waals surface area contributed by atoms with Crippen molar-refractivity contribution in [1.29, 1.82) is 0 Å². The van der Waals surface area contributed by atoms with E-state index in [4.69, 9.17) is 9.47 Å². The highest BCUT2D eigenvalue weighted by Gasteiger charge is 2.29. The van der Waals surface area contributed by atoms with Gasteiger partial charge in [-0.1, -0.05) is 145 Å². The molecule has 0 aromatic heterocycles. The minimum absolute atomic E-state index is 0.167. The molecule has 0 spiro atoms. The molecule has 2 aromatic carbocycles. The van der Waals surface area contributed by atoms with Crippen LogP contribution in [0.4, 0.5) is 0 Å². The van der Waals surface area contributed by atoms with Gasteiger partial charge in [-0.3, -0.25) is 9.59 Å². The molecule has 4 heteroatoms. The highest BCUT2D eigenvalue weighted by molar-refractivity contribution is 5.94. The zero-order valence-corrected chi connectivity index (χ0v) is 21.6. The lowest BCUT2D eigenvalue weighted by Crippen LogP contribution is -2.28. The van der Waals surface area contributed by atoms with Crippen LogP contribution in [0.3, 0.4) is 0 Å². The fourth-order valence-electron chi connectivity index (χ4n) is 4.18. The number of benzene rings is 2. The highest BCUT2D eigenvalue weighted by Crippen LogP contribution is 2.18. The molecule has 0 amide bonds. The van der Waals surface area contributed by atoms with E-state index in [1.807, 2.05) is 60.7 Å². The molecular formula is C31H44O4. The minimum atomic E-state index is -0.870. The summed E-state index contributed by atoms with van der Waals surface area (Å²) >= 11 is 0. The van der Waals surface area contributed by atoms with Crippen molar-refractivity contribution in [2.75, 3.05) is 0 Å². The lowest BCUT2D eigenvalue weighted by Gasteiger charge is -2.16. The maximum absolute atomic E-state index is 12.8. The summed E-state index contributed by atoms with van der Waals surface area (Å²) in [6, 6.07) is 19.1. The number of ether oxygens (including phenoxy) is 2. The van der Waals surface area contributed by atoms with Crippen molar-refractivity contribution in [2.45, 2.75) is 104 Å². The summed E-state index contributed by atoms with van der Waals surface area (Å²) in [5.74, 6) is -1.85. The monoisotopic (exact) mass is 480 g/mol. The van der Waals surface area contributed by atoms with Crippen molar-refractivity contribution >= 4 is 11.9 Å². The Morgan fingerprint density at radius 2 is 0.943 bits per heavy atom. The van der Waals surface area contributed by atoms with Crippen LogP contribution in [0, 0.1) is 5.92 Å². The van der Waals surface area contributed by atoms with E-state index in [-0.39, 0.29) is 13.2 Å². The molecule has 4 nitrogen and oxygen atoms in total. The fraction of sp³-hybridized carbons (Fsp3) is 0.548. The Morgan fingerprint density at radius 1 is 0.571 bits per heavy atom. The first-order valence-corrected chi connectivity index (χ1v) is 13.6. The summed E-state index contributed by atoms with van der Waals surface area (Å²) in [5.41, 5.74) is 1.81. The minimum Gasteiger partial charge on any atom is -0.460 e. The largest absolute Gasteiger partial charge is 0.460 e. The van der Waals surface area contributed by atoms with Crippen molar-refractivity contribution in [2.24, 2.45) is 5.92 Å². The molecule has 0 atom stereocenters. The zero-order chi connectivity index (χ0) is 25.0. The number of unbranched alkanes of at least 4 members (excludes halogenated alkanes) is 11. The van der Waals surface area contributed by atoms with Crippen LogP contribution in [0.15, 0.2) is 60.7 Å². The number of hydrogen-bond acceptors (Lipinski definition) is 4. The first-order valence-electron chi connectivity index (χ1n) is 13.6. The number of carbonyl (C=O) groups excluding carboxylic acids is 2. The van der Waals surface area contributed by atoms with E-state index in [0.717, 1.165) is 30.4 Å². The maximum Gasteiger partial charge on any atom is 0.320 e. The molecule has 35 heavy (non-hydrogen) atoms. The average Bonchev–Trinajstić information content (AvgIpc) is 2.90. The Hall–Kier alpha value is -2.62. The predicted molar refractivity (Wildman–Crippen MR) is 142 cm³/mol. The lowest BCUT2D eigenvalue weighted by atomic mass is 9.99. The smallest absolute Gasteiger partial charge is 0.320 e. The Kier molecular flexibility index (Phi) is 15.3. The van der Waals surface area contributed by atoms with Gasteiger partial charge in [0.05, 0.1) is 0 Å². The molecule has 192 valence electrons. The summed E-state index contributed by atoms with van der Waals surface area (Å²) < 4.78 is 11.0. The van der Waals surface area contributed by atoms with Crippen molar-refractivity contribution in [3.8, 4) is 0 Å². The first kappa shape index (κ1) is 28.6. The third kappa shape index (κ3) is 13.2. The molecule has 0 bridgehead atoms. The van der Waals surface area contributed by atoms with Gasteiger partial charge < -0.3 is 9.47 Å². The topological polar surface area (TPSA) is 52.6 Å². The molecule has 2 aromatic rings. The third-order valence-corrected chi connectivity index (χ3v) is 6.36. The summed E-state index contributed by atoms with van der Waals surface area (Å²) in [4.78, 5) is 25.6. The van der Waals surface area contributed by atoms with Crippen molar-refractivity contribution < 1.29 is 19.1 Å². The van der Waals surface area contributed by atoms with Crippen molar-refractivity contribution in [3.63, 3.8) is 0 Å². The fourth-order valence-corrected chi connectivity index (χ4v) is 4.18. The predicted octanol–water partition coefficient (Wildman–Crippen LogP) is 8.18. The van der Waals surface area contributed by atoms with E-state index >= 15 is 0 Å². The summed E-state index contributed by atoms with van der Waals surface area (Å²) in [6.45, 7) is 2.59. The van der Waals surface area contributed by atoms with E-state index in [0.29, 0.717) is 6.42 Å². The number of hydrogen-bond donors (Lipinski definition) is 0. The van der Waals surface area contributed by atoms with Gasteiger partial charge in [-0.25, -0.2) is 0 Å². The number of esters is 2. The van der Waals surface area contributed by atoms with Crippen LogP contribution in [0.25, 0.3) is 0 Å². The van der Waals surface area contributed by atoms with Crippen molar-refractivity contribution in [1.82, 2.24) is 0 Å². The summed E-state index contributed by atoms with van der Waals surface area (Å²) in [7, 11) is 0. The Balaban J connectivity index is 1.70. The van der Waals surface area contributed by atoms with Gasteiger partial charge in [-0.2, -0.15) is 0 Å². The average molecular weight is 481 g/mol. The van der Waals surface area contributed by atoms with Gasteiger partial charge in [0.25, 0.3) is 0 Å². The van der Waals surface area contributed by atoms with Crippen LogP contribution in [0.5, 0.6) is 0 Å². The van der Waals surface area contributed by atoms with E-state index in [2.05, 4.69) is 6.92 Å². The second-order valence-corrected chi connectivity index (χ2v) is 9.42. The molecule has 0 radical (unpaired) electrons. The first-order chi connectivity index (χ1) is 17.2. The highest BCUT2D eigenvalue weighted by atomic mass is 16.6. The maximum atomic E-state index is 12.8. The molecule has 0 aliphatic rings. The molecule has 2 rings (SSSR count). The second-order valence-electron chi connectivity index (χ2n) is 9.42. The van der Waals surface area contributed by atoms with Crippen LogP contribution in [0.2, 0.25) is 0 Å². The summed E-state index contributed by atoms with van der Waals surface area (Å²) in [6.07, 6.45) is 15.4. The van der Waals surface area contributed by atoms with Crippen LogP contribution >= 0.6 is 0 Å². The van der Waals surface area contributed by atoms with Crippen molar-refractivity contribution in [3.05, 3.63) is 71.8 Å². The molecule has 0 unspecified atom stereocenters. The Labute approximate surface area is 212 Å². The number of rotatable bonds is 19. The third-order valence-electron chi connectivity index (χ3n) is 6.36. The molecule has 0 heterocycles. The second kappa shape index (κ2) is 18.7. The van der Waals surface area contributed by atoms with E-state index in [1.165, 1.54) is 57.8 Å². The van der Waals surface area contributed by atoms with Gasteiger partial charge in [0.15, 0.2) is 5.92 Å². The zero-order valence-electron chi connectivity index (χ0n) is 21.6. The van der Waals surface area contributed by atoms with Crippen LogP contribution in [-0.4, -0.2) is 11.9 Å². The van der Waals surface area contributed by atoms with Crippen LogP contribution in [0.1, 0.15) is 102 Å². The lowest BCUT2D eigenvalue weighted by molar-refractivity contribution is -0.164. The number of carbonyl (C=O) groups is 2. The molecule has 0 N–H and O–H groups in total. The van der Waals surface area contributed by atoms with E-state index in [9.17, 15) is 9.59 Å². The Bertz CT molecular complexity index is 748. The molecular weight excluding hydrogens is 436 g/mol. The summed E-state index contributed by atoms with van der Waals surface area (Å²) in [5, 5.41) is 0. The van der Waals surface area contributed by atoms with Gasteiger partial charge in [0, 0.05) is 0 Å². The van der Waals surface area contributed by atoms with Gasteiger partial charge in [-0.15, -0.1) is 0 Å². The molecule has 0 fully saturated rings. The van der Waals surface area contributed by atoms with E-state index in [1.54, 1.807) is 0 Å². The van der Waals surface area contributed by atoms with Gasteiger partial charge in [-0.05, 0) is 17.5 Å². The molecule has 0 aliphatic heterocycles. The molecule has 0 aliphatic carbocycles. The Morgan fingerprint density at radius 3 is 1.34 bits per heavy atom. The van der Waals surface area contributed by atoms with Crippen LogP contribution in [-0.2, 0) is 32.3 Å². The molecule has 0 saturated carbocycles. The SMILES string of the molecule is CCCCCCCCCCCCCCC(C(=O)OCc1ccccc1)C(=O)OCc1ccccc1. The van der Waals surface area contributed by atoms with Gasteiger partial charge in [0.1, 0.15) is 13.2 Å². The quantitative estimate of drug-likeness (QED) is 0.116. The van der Waals surface area contributed by atoms with Gasteiger partial charge in [0.2, 0.25) is 0 Å². The standard InChI is InChI=1S/C31H44O4/c1-2-3-4-5-6-7-8-9-10-11-12-19-24-29(30(32)34-25-27-20-15-13-16-21-27)31(33)35-26-28-22-17-14-18-23-28/h13-18,20-23,29H,2-12,19,24-26H2,1H3. The normalized spacial score (nSPS) is 10.9. The van der Waals surface area contributed by atoms with Gasteiger partial charge >= 0.3 is 11.9 Å². The van der Waals surface area contributed by atoms with E-state index < -0.39 is 17.9 Å². The molecule has 0 saturated heterocycles.